The largest absolute Gasteiger partial charge is 0.483 e. The molecule has 4 rings (SSSR count). The van der Waals surface area contributed by atoms with E-state index in [1.807, 2.05) is 12.1 Å². The van der Waals surface area contributed by atoms with Gasteiger partial charge in [-0.05, 0) is 24.3 Å². The summed E-state index contributed by atoms with van der Waals surface area (Å²) in [5.41, 5.74) is 4.22. The monoisotopic (exact) mass is 467 g/mol. The molecule has 0 unspecified atom stereocenters. The number of hydrogen-bond acceptors (Lipinski definition) is 7. The number of halogens is 1. The lowest BCUT2D eigenvalue weighted by Crippen LogP contribution is -2.25. The van der Waals surface area contributed by atoms with Gasteiger partial charge in [0.05, 0.1) is 23.4 Å². The number of amides is 1. The van der Waals surface area contributed by atoms with Crippen LogP contribution in [0.1, 0.15) is 5.56 Å². The van der Waals surface area contributed by atoms with Gasteiger partial charge in [-0.1, -0.05) is 39.3 Å². The SMILES string of the molecule is O=C(COc1ccccc1-c1cnoc1)N/N=C/c1coc2ccc(Br)cc2c1=O. The van der Waals surface area contributed by atoms with Gasteiger partial charge >= 0.3 is 0 Å². The molecule has 30 heavy (non-hydrogen) atoms. The van der Waals surface area contributed by atoms with Gasteiger partial charge in [0.25, 0.3) is 5.91 Å². The van der Waals surface area contributed by atoms with Crippen LogP contribution in [-0.4, -0.2) is 23.9 Å². The van der Waals surface area contributed by atoms with Gasteiger partial charge in [0.2, 0.25) is 5.43 Å². The van der Waals surface area contributed by atoms with E-state index >= 15 is 0 Å². The average Bonchev–Trinajstić information content (AvgIpc) is 3.29. The highest BCUT2D eigenvalue weighted by Gasteiger charge is 2.10. The molecule has 0 aliphatic rings. The van der Waals surface area contributed by atoms with Gasteiger partial charge in [0.15, 0.2) is 6.61 Å². The second-order valence-corrected chi connectivity index (χ2v) is 7.07. The minimum Gasteiger partial charge on any atom is -0.483 e. The maximum absolute atomic E-state index is 12.5. The first kappa shape index (κ1) is 19.6. The van der Waals surface area contributed by atoms with Crippen LogP contribution in [0.5, 0.6) is 5.75 Å². The molecule has 0 spiro atoms. The van der Waals surface area contributed by atoms with Gasteiger partial charge in [0, 0.05) is 15.6 Å². The van der Waals surface area contributed by atoms with Gasteiger partial charge in [0.1, 0.15) is 23.9 Å². The Morgan fingerprint density at radius 2 is 2.10 bits per heavy atom. The molecule has 0 atom stereocenters. The van der Waals surface area contributed by atoms with Crippen LogP contribution < -0.4 is 15.6 Å². The first-order valence-corrected chi connectivity index (χ1v) is 9.55. The smallest absolute Gasteiger partial charge is 0.277 e. The van der Waals surface area contributed by atoms with Crippen molar-refractivity contribution in [2.24, 2.45) is 5.10 Å². The van der Waals surface area contributed by atoms with Crippen molar-refractivity contribution in [1.82, 2.24) is 10.6 Å². The zero-order valence-corrected chi connectivity index (χ0v) is 17.0. The molecular formula is C21H14BrN3O5. The number of ether oxygens (including phenoxy) is 1. The molecule has 8 nitrogen and oxygen atoms in total. The van der Waals surface area contributed by atoms with Crippen molar-refractivity contribution in [1.29, 1.82) is 0 Å². The zero-order chi connectivity index (χ0) is 20.9. The Morgan fingerprint density at radius 3 is 2.93 bits per heavy atom. The number of carbonyl (C=O) groups excluding carboxylic acids is 1. The standard InChI is InChI=1S/C21H14BrN3O5/c22-15-5-6-19-17(7-15)21(27)14(10-28-19)8-23-25-20(26)12-29-18-4-2-1-3-16(18)13-9-24-30-11-13/h1-11H,12H2,(H,25,26)/b23-8+. The van der Waals surface area contributed by atoms with Crippen LogP contribution in [0, 0.1) is 0 Å². The van der Waals surface area contributed by atoms with Gasteiger partial charge in [-0.25, -0.2) is 5.43 Å². The molecular weight excluding hydrogens is 454 g/mol. The highest BCUT2D eigenvalue weighted by molar-refractivity contribution is 9.10. The number of aromatic nitrogens is 1. The summed E-state index contributed by atoms with van der Waals surface area (Å²) in [6, 6.07) is 12.3. The number of nitrogens with one attached hydrogen (secondary N) is 1. The molecule has 0 bridgehead atoms. The van der Waals surface area contributed by atoms with Crippen LogP contribution in [0.15, 0.2) is 84.5 Å². The summed E-state index contributed by atoms with van der Waals surface area (Å²) in [6.07, 6.45) is 5.57. The summed E-state index contributed by atoms with van der Waals surface area (Å²) in [6.45, 7) is -0.265. The molecule has 0 saturated heterocycles. The van der Waals surface area contributed by atoms with E-state index in [1.54, 1.807) is 36.5 Å². The van der Waals surface area contributed by atoms with Crippen molar-refractivity contribution in [3.05, 3.63) is 81.4 Å². The van der Waals surface area contributed by atoms with Gasteiger partial charge < -0.3 is 13.7 Å². The van der Waals surface area contributed by atoms with Crippen LogP contribution in [0.2, 0.25) is 0 Å². The van der Waals surface area contributed by atoms with Crippen LogP contribution in [0.4, 0.5) is 0 Å². The first-order valence-electron chi connectivity index (χ1n) is 8.76. The third-order valence-corrected chi connectivity index (χ3v) is 4.64. The number of hydrazone groups is 1. The molecule has 1 N–H and O–H groups in total. The number of carbonyl (C=O) groups is 1. The number of benzene rings is 2. The summed E-state index contributed by atoms with van der Waals surface area (Å²) in [4.78, 5) is 24.6. The average molecular weight is 468 g/mol. The van der Waals surface area contributed by atoms with Gasteiger partial charge in [-0.2, -0.15) is 5.10 Å². The van der Waals surface area contributed by atoms with Crippen molar-refractivity contribution in [3.63, 3.8) is 0 Å². The Balaban J connectivity index is 1.40. The van der Waals surface area contributed by atoms with Crippen LogP contribution in [-0.2, 0) is 4.79 Å². The number of hydrogen-bond donors (Lipinski definition) is 1. The summed E-state index contributed by atoms with van der Waals surface area (Å²) >= 11 is 3.32. The van der Waals surface area contributed by atoms with E-state index in [9.17, 15) is 9.59 Å². The Hall–Kier alpha value is -3.72. The number of para-hydroxylation sites is 1. The van der Waals surface area contributed by atoms with Crippen LogP contribution >= 0.6 is 15.9 Å². The lowest BCUT2D eigenvalue weighted by molar-refractivity contribution is -0.123. The van der Waals surface area contributed by atoms with Gasteiger partial charge in [-0.3, -0.25) is 9.59 Å². The predicted molar refractivity (Wildman–Crippen MR) is 113 cm³/mol. The molecule has 0 aliphatic carbocycles. The minimum absolute atomic E-state index is 0.208. The topological polar surface area (TPSA) is 107 Å². The zero-order valence-electron chi connectivity index (χ0n) is 15.4. The Bertz CT molecular complexity index is 1280. The molecule has 0 fully saturated rings. The van der Waals surface area contributed by atoms with E-state index < -0.39 is 5.91 Å². The number of rotatable bonds is 6. The highest BCUT2D eigenvalue weighted by atomic mass is 79.9. The molecule has 2 aromatic carbocycles. The molecule has 2 heterocycles. The van der Waals surface area contributed by atoms with Crippen molar-refractivity contribution in [2.75, 3.05) is 6.61 Å². The molecule has 9 heteroatoms. The molecule has 4 aromatic rings. The summed E-state index contributed by atoms with van der Waals surface area (Å²) in [5.74, 6) is 0.0138. The Morgan fingerprint density at radius 1 is 1.23 bits per heavy atom. The van der Waals surface area contributed by atoms with Crippen molar-refractivity contribution >= 4 is 39.0 Å². The quantitative estimate of drug-likeness (QED) is 0.341. The molecule has 0 aliphatic heterocycles. The maximum Gasteiger partial charge on any atom is 0.277 e. The third kappa shape index (κ3) is 4.31. The van der Waals surface area contributed by atoms with Crippen LogP contribution in [0.25, 0.3) is 22.1 Å². The van der Waals surface area contributed by atoms with Crippen molar-refractivity contribution in [2.45, 2.75) is 0 Å². The lowest BCUT2D eigenvalue weighted by Gasteiger charge is -2.09. The van der Waals surface area contributed by atoms with Crippen molar-refractivity contribution < 1.29 is 18.5 Å². The fraction of sp³-hybridized carbons (Fsp3) is 0.0476. The fourth-order valence-corrected chi connectivity index (χ4v) is 3.09. The summed E-state index contributed by atoms with van der Waals surface area (Å²) in [5, 5.41) is 7.90. The summed E-state index contributed by atoms with van der Waals surface area (Å²) < 4.78 is 16.6. The van der Waals surface area contributed by atoms with Crippen molar-refractivity contribution in [3.8, 4) is 16.9 Å². The Kier molecular flexibility index (Phi) is 5.71. The lowest BCUT2D eigenvalue weighted by atomic mass is 10.1. The van der Waals surface area contributed by atoms with E-state index in [1.165, 1.54) is 18.7 Å². The van der Waals surface area contributed by atoms with E-state index in [2.05, 4.69) is 31.6 Å². The fourth-order valence-electron chi connectivity index (χ4n) is 2.73. The number of fused-ring (bicyclic) bond motifs is 1. The van der Waals surface area contributed by atoms with E-state index in [0.717, 1.165) is 15.6 Å². The Labute approximate surface area is 178 Å². The third-order valence-electron chi connectivity index (χ3n) is 4.14. The second-order valence-electron chi connectivity index (χ2n) is 6.15. The predicted octanol–water partition coefficient (Wildman–Crippen LogP) is 3.74. The van der Waals surface area contributed by atoms with E-state index in [0.29, 0.717) is 16.7 Å². The number of nitrogens with zero attached hydrogens (tertiary/aromatic N) is 2. The normalized spacial score (nSPS) is 11.1. The molecule has 150 valence electrons. The van der Waals surface area contributed by atoms with E-state index in [4.69, 9.17) is 13.7 Å². The second kappa shape index (κ2) is 8.75. The van der Waals surface area contributed by atoms with E-state index in [-0.39, 0.29) is 17.6 Å². The van der Waals surface area contributed by atoms with Gasteiger partial charge in [-0.15, -0.1) is 0 Å². The maximum atomic E-state index is 12.5. The molecule has 0 saturated carbocycles. The summed E-state index contributed by atoms with van der Waals surface area (Å²) in [7, 11) is 0. The van der Waals surface area contributed by atoms with Crippen LogP contribution in [0.3, 0.4) is 0 Å². The molecule has 1 amide bonds. The minimum atomic E-state index is -0.487. The first-order chi connectivity index (χ1) is 14.6. The molecule has 0 radical (unpaired) electrons. The highest BCUT2D eigenvalue weighted by Crippen LogP contribution is 2.29. The molecule has 2 aromatic heterocycles.